The average molecular weight is 465 g/mol. The number of Topliss-reactive ketones (excluding diaryl/α,β-unsaturated/α-hetero) is 1. The van der Waals surface area contributed by atoms with E-state index >= 15 is 0 Å². The van der Waals surface area contributed by atoms with Crippen molar-refractivity contribution in [2.75, 3.05) is 13.7 Å². The summed E-state index contributed by atoms with van der Waals surface area (Å²) in [5, 5.41) is 17.7. The lowest BCUT2D eigenvalue weighted by molar-refractivity contribution is -0.134. The van der Waals surface area contributed by atoms with E-state index in [1.165, 1.54) is 19.4 Å². The van der Waals surface area contributed by atoms with E-state index in [-0.39, 0.29) is 41.5 Å². The Morgan fingerprint density at radius 2 is 2.06 bits per heavy atom. The number of carboxylic acid groups (broad SMARTS) is 1. The van der Waals surface area contributed by atoms with Crippen LogP contribution in [0.2, 0.25) is 5.02 Å². The normalized spacial score (nSPS) is 21.9. The summed E-state index contributed by atoms with van der Waals surface area (Å²) < 4.78 is 20.3. The number of rotatable bonds is 7. The van der Waals surface area contributed by atoms with E-state index in [1.807, 2.05) is 25.7 Å². The third kappa shape index (κ3) is 4.19. The minimum absolute atomic E-state index is 0.00249. The third-order valence-electron chi connectivity index (χ3n) is 6.18. The van der Waals surface area contributed by atoms with Crippen LogP contribution in [0.3, 0.4) is 0 Å². The van der Waals surface area contributed by atoms with Gasteiger partial charge in [-0.2, -0.15) is 0 Å². The number of methoxy groups -OCH3 is 1. The van der Waals surface area contributed by atoms with Crippen molar-refractivity contribution in [3.63, 3.8) is 0 Å². The molecule has 0 radical (unpaired) electrons. The molecule has 8 heteroatoms. The van der Waals surface area contributed by atoms with Crippen LogP contribution in [0, 0.1) is 17.7 Å². The summed E-state index contributed by atoms with van der Waals surface area (Å²) in [6, 6.07) is 3.95. The number of carboxylic acids is 1. The summed E-state index contributed by atoms with van der Waals surface area (Å²) in [4.78, 5) is 26.8. The zero-order valence-corrected chi connectivity index (χ0v) is 19.2. The highest BCUT2D eigenvalue weighted by Crippen LogP contribution is 2.40. The van der Waals surface area contributed by atoms with Crippen molar-refractivity contribution in [1.82, 2.24) is 4.90 Å². The molecule has 172 valence electrons. The predicted molar refractivity (Wildman–Crippen MR) is 120 cm³/mol. The molecule has 1 heterocycles. The van der Waals surface area contributed by atoms with Crippen molar-refractivity contribution in [2.45, 2.75) is 39.3 Å². The van der Waals surface area contributed by atoms with Crippen molar-refractivity contribution < 1.29 is 28.9 Å². The highest BCUT2D eigenvalue weighted by molar-refractivity contribution is 6.30. The highest BCUT2D eigenvalue weighted by atomic mass is 35.5. The maximum Gasteiger partial charge on any atom is 0.341 e. The fourth-order valence-corrected chi connectivity index (χ4v) is 4.79. The van der Waals surface area contributed by atoms with Crippen molar-refractivity contribution in [3.05, 3.63) is 69.4 Å². The van der Waals surface area contributed by atoms with Crippen molar-refractivity contribution in [2.24, 2.45) is 11.8 Å². The van der Waals surface area contributed by atoms with Gasteiger partial charge in [-0.25, -0.2) is 9.18 Å². The summed E-state index contributed by atoms with van der Waals surface area (Å²) >= 11 is 5.93. The van der Waals surface area contributed by atoms with Gasteiger partial charge in [-0.15, -0.1) is 0 Å². The lowest BCUT2D eigenvalue weighted by Gasteiger charge is -2.45. The second-order valence-corrected chi connectivity index (χ2v) is 8.86. The van der Waals surface area contributed by atoms with Crippen molar-refractivity contribution >= 4 is 23.4 Å². The summed E-state index contributed by atoms with van der Waals surface area (Å²) in [5.74, 6) is -2.10. The van der Waals surface area contributed by atoms with Crippen LogP contribution < -0.4 is 0 Å². The molecule has 2 aliphatic rings. The minimum Gasteiger partial charge on any atom is -0.500 e. The molecular formula is C24H28ClFNO5+. The Balaban J connectivity index is 2.15. The van der Waals surface area contributed by atoms with E-state index < -0.39 is 23.6 Å². The molecule has 3 N–H and O–H groups in total. The zero-order chi connectivity index (χ0) is 23.7. The first-order valence-corrected chi connectivity index (χ1v) is 10.8. The molecule has 32 heavy (non-hydrogen) atoms. The van der Waals surface area contributed by atoms with E-state index in [4.69, 9.17) is 21.4 Å². The Bertz CT molecular complexity index is 1030. The fraction of sp³-hybridized carbons (Fsp3) is 0.417. The number of nitrogens with zero attached hydrogens (tertiary/aromatic N) is 1. The molecule has 1 aromatic rings. The summed E-state index contributed by atoms with van der Waals surface area (Å²) in [6.45, 7) is 5.85. The summed E-state index contributed by atoms with van der Waals surface area (Å²) in [7, 11) is 1.52. The van der Waals surface area contributed by atoms with E-state index in [1.54, 1.807) is 18.2 Å². The van der Waals surface area contributed by atoms with Crippen molar-refractivity contribution in [1.29, 1.82) is 0 Å². The molecule has 0 aromatic heterocycles. The molecule has 0 spiro atoms. The van der Waals surface area contributed by atoms with Crippen LogP contribution in [0.5, 0.6) is 0 Å². The number of ether oxygens (including phenoxy) is 1. The lowest BCUT2D eigenvalue weighted by atomic mass is 9.76. The molecule has 1 aliphatic carbocycles. The topological polar surface area (TPSA) is 89.7 Å². The van der Waals surface area contributed by atoms with Crippen LogP contribution in [0.4, 0.5) is 4.39 Å². The Labute approximate surface area is 191 Å². The van der Waals surface area contributed by atoms with Gasteiger partial charge in [0.15, 0.2) is 12.4 Å². The largest absolute Gasteiger partial charge is 0.500 e. The smallest absolute Gasteiger partial charge is 0.341 e. The number of carbonyl (C=O) groups excluding carboxylic acids is 1. The number of allylic oxidation sites excluding steroid dienone is 2. The maximum atomic E-state index is 14.6. The van der Waals surface area contributed by atoms with Gasteiger partial charge in [0, 0.05) is 24.1 Å². The molecule has 3 atom stereocenters. The number of aliphatic carboxylic acids is 1. The monoisotopic (exact) mass is 464 g/mol. The summed E-state index contributed by atoms with van der Waals surface area (Å²) in [6.07, 6.45) is 3.13. The predicted octanol–water partition coefficient (Wildman–Crippen LogP) is 3.47. The second-order valence-electron chi connectivity index (χ2n) is 8.46. The molecule has 3 rings (SSSR count). The number of ketones is 1. The van der Waals surface area contributed by atoms with Gasteiger partial charge in [0.05, 0.1) is 24.2 Å². The molecule has 0 saturated heterocycles. The van der Waals surface area contributed by atoms with Crippen LogP contribution in [0.15, 0.2) is 53.0 Å². The van der Waals surface area contributed by atoms with Gasteiger partial charge in [-0.05, 0) is 29.2 Å². The van der Waals surface area contributed by atoms with Crippen LogP contribution in [-0.2, 0) is 20.7 Å². The van der Waals surface area contributed by atoms with Crippen LogP contribution >= 0.6 is 11.6 Å². The summed E-state index contributed by atoms with van der Waals surface area (Å²) in [5.41, 5.74) is 0.923. The quantitative estimate of drug-likeness (QED) is 0.493. The van der Waals surface area contributed by atoms with Crippen LogP contribution in [0.1, 0.15) is 26.3 Å². The first-order valence-electron chi connectivity index (χ1n) is 10.5. The van der Waals surface area contributed by atoms with Crippen LogP contribution in [-0.4, -0.2) is 52.7 Å². The first-order chi connectivity index (χ1) is 15.1. The molecule has 2 unspecified atom stereocenters. The Morgan fingerprint density at radius 1 is 1.38 bits per heavy atom. The molecule has 0 bridgehead atoms. The van der Waals surface area contributed by atoms with E-state index in [0.29, 0.717) is 22.5 Å². The Hall–Kier alpha value is -2.64. The van der Waals surface area contributed by atoms with Crippen LogP contribution in [0.25, 0.3) is 0 Å². The zero-order valence-electron chi connectivity index (χ0n) is 18.5. The van der Waals surface area contributed by atoms with Gasteiger partial charge in [-0.1, -0.05) is 44.5 Å². The minimum atomic E-state index is -1.32. The molecule has 1 aliphatic heterocycles. The number of hydrogen-bond donors (Lipinski definition) is 1. The average Bonchev–Trinajstić information content (AvgIpc) is 2.73. The number of carbonyl (C=O) groups is 2. The number of halogens is 2. The number of hydrogen-bond acceptors (Lipinski definition) is 4. The third-order valence-corrected chi connectivity index (χ3v) is 6.47. The maximum absolute atomic E-state index is 14.6. The van der Waals surface area contributed by atoms with Gasteiger partial charge < -0.3 is 19.8 Å². The van der Waals surface area contributed by atoms with E-state index in [9.17, 15) is 19.1 Å². The number of benzene rings is 1. The first kappa shape index (κ1) is 24.0. The Kier molecular flexibility index (Phi) is 7.10. The molecule has 0 amide bonds. The molecule has 0 saturated carbocycles. The highest BCUT2D eigenvalue weighted by Gasteiger charge is 2.45. The fourth-order valence-electron chi connectivity index (χ4n) is 4.60. The SMILES string of the molecule is COC1=C(Cc2cccc(Cl)c2F)C=C2C(=O)C(C(=O)O)=CN([C@H](C[OH2+])C(C)C)C2C1C. The molecule has 1 aromatic carbocycles. The van der Waals surface area contributed by atoms with Crippen molar-refractivity contribution in [3.8, 4) is 0 Å². The van der Waals surface area contributed by atoms with Gasteiger partial charge in [0.25, 0.3) is 0 Å². The standard InChI is InChI=1S/C24H27ClFNO5/c1-12(2)19(11-28)27-10-17(24(30)31)22(29)16-9-15(23(32-4)13(3)21(16)27)8-14-6-5-7-18(25)20(14)26/h5-7,9-10,12-13,19,21,28H,8,11H2,1-4H3,(H,30,31)/p+1/t13?,19-,21?/m1/s1. The van der Waals surface area contributed by atoms with Gasteiger partial charge in [0.2, 0.25) is 0 Å². The van der Waals surface area contributed by atoms with Gasteiger partial charge in [0.1, 0.15) is 17.1 Å². The second kappa shape index (κ2) is 9.46. The van der Waals surface area contributed by atoms with E-state index in [0.717, 1.165) is 0 Å². The van der Waals surface area contributed by atoms with Gasteiger partial charge >= 0.3 is 5.97 Å². The molecule has 6 nitrogen and oxygen atoms in total. The number of fused-ring (bicyclic) bond motifs is 1. The van der Waals surface area contributed by atoms with E-state index in [2.05, 4.69) is 0 Å². The Morgan fingerprint density at radius 3 is 2.62 bits per heavy atom. The molecule has 0 fully saturated rings. The van der Waals surface area contributed by atoms with Gasteiger partial charge in [-0.3, -0.25) is 4.79 Å². The molecular weight excluding hydrogens is 437 g/mol. The lowest BCUT2D eigenvalue weighted by Crippen LogP contribution is -2.53.